The van der Waals surface area contributed by atoms with E-state index in [0.717, 1.165) is 19.3 Å². The Morgan fingerprint density at radius 3 is 1.79 bits per heavy atom. The molecule has 0 rings (SSSR count). The van der Waals surface area contributed by atoms with Crippen molar-refractivity contribution < 1.29 is 18.1 Å². The van der Waals surface area contributed by atoms with E-state index in [-0.39, 0.29) is 12.1 Å². The Bertz CT molecular complexity index is 239. The SMILES string of the molecule is C=CC(=O)NC[Si](OCCC)(OCCC)OCCC. The molecule has 0 spiro atoms. The van der Waals surface area contributed by atoms with Crippen LogP contribution in [0.25, 0.3) is 0 Å². The summed E-state index contributed by atoms with van der Waals surface area (Å²) in [4.78, 5) is 11.3. The van der Waals surface area contributed by atoms with Crippen molar-refractivity contribution >= 4 is 14.7 Å². The normalized spacial score (nSPS) is 11.3. The van der Waals surface area contributed by atoms with Crippen LogP contribution < -0.4 is 5.32 Å². The van der Waals surface area contributed by atoms with Crippen molar-refractivity contribution in [2.45, 2.75) is 40.0 Å². The first-order chi connectivity index (χ1) is 9.14. The van der Waals surface area contributed by atoms with Gasteiger partial charge in [0.2, 0.25) is 5.91 Å². The molecule has 6 heteroatoms. The van der Waals surface area contributed by atoms with E-state index in [1.54, 1.807) is 0 Å². The average molecular weight is 289 g/mol. The minimum absolute atomic E-state index is 0.239. The highest BCUT2D eigenvalue weighted by Crippen LogP contribution is 2.11. The zero-order valence-electron chi connectivity index (χ0n) is 12.4. The van der Waals surface area contributed by atoms with Gasteiger partial charge in [0.1, 0.15) is 0 Å². The first kappa shape index (κ1) is 18.3. The predicted octanol–water partition coefficient (Wildman–Crippen LogP) is 2.05. The molecule has 0 bridgehead atoms. The standard InChI is InChI=1S/C13H27NO4Si/c1-5-9-16-19(17-10-6-2,18-11-7-3)12-14-13(15)8-4/h8H,4-7,9-12H2,1-3H3,(H,14,15). The van der Waals surface area contributed by atoms with E-state index in [1.807, 2.05) is 20.8 Å². The molecule has 1 N–H and O–H groups in total. The van der Waals surface area contributed by atoms with E-state index in [2.05, 4.69) is 11.9 Å². The summed E-state index contributed by atoms with van der Waals surface area (Å²) >= 11 is 0. The van der Waals surface area contributed by atoms with Crippen LogP contribution in [0.2, 0.25) is 0 Å². The van der Waals surface area contributed by atoms with Crippen LogP contribution in [0, 0.1) is 0 Å². The van der Waals surface area contributed by atoms with Crippen LogP contribution >= 0.6 is 0 Å². The number of carbonyl (C=O) groups is 1. The van der Waals surface area contributed by atoms with Gasteiger partial charge in [0.15, 0.2) is 0 Å². The van der Waals surface area contributed by atoms with Crippen LogP contribution in [0.3, 0.4) is 0 Å². The number of carbonyl (C=O) groups excluding carboxylic acids is 1. The summed E-state index contributed by atoms with van der Waals surface area (Å²) in [6, 6.07) is 0. The highest BCUT2D eigenvalue weighted by molar-refractivity contribution is 6.61. The summed E-state index contributed by atoms with van der Waals surface area (Å²) in [7, 11) is -2.82. The van der Waals surface area contributed by atoms with Gasteiger partial charge in [0.25, 0.3) is 0 Å². The molecule has 0 atom stereocenters. The Morgan fingerprint density at radius 2 is 1.47 bits per heavy atom. The molecule has 0 heterocycles. The fourth-order valence-electron chi connectivity index (χ4n) is 1.32. The Labute approximate surface area is 117 Å². The van der Waals surface area contributed by atoms with Crippen LogP contribution in [0.5, 0.6) is 0 Å². The molecule has 0 saturated carbocycles. The van der Waals surface area contributed by atoms with E-state index in [0.29, 0.717) is 19.8 Å². The molecule has 112 valence electrons. The van der Waals surface area contributed by atoms with Crippen molar-refractivity contribution in [2.24, 2.45) is 0 Å². The Morgan fingerprint density at radius 1 is 1.05 bits per heavy atom. The molecule has 0 aliphatic carbocycles. The average Bonchev–Trinajstić information content (AvgIpc) is 2.45. The van der Waals surface area contributed by atoms with E-state index in [4.69, 9.17) is 13.3 Å². The lowest BCUT2D eigenvalue weighted by Crippen LogP contribution is -2.55. The maximum absolute atomic E-state index is 11.3. The number of hydrogen-bond donors (Lipinski definition) is 1. The lowest BCUT2D eigenvalue weighted by atomic mass is 10.5. The van der Waals surface area contributed by atoms with E-state index < -0.39 is 8.80 Å². The minimum atomic E-state index is -2.82. The second kappa shape index (κ2) is 11.2. The molecule has 5 nitrogen and oxygen atoms in total. The molecule has 1 amide bonds. The van der Waals surface area contributed by atoms with Crippen LogP contribution in [-0.2, 0) is 18.1 Å². The van der Waals surface area contributed by atoms with Crippen LogP contribution in [0.4, 0.5) is 0 Å². The van der Waals surface area contributed by atoms with Crippen LogP contribution in [0.1, 0.15) is 40.0 Å². The molecule has 0 saturated heterocycles. The lowest BCUT2D eigenvalue weighted by molar-refractivity contribution is -0.116. The summed E-state index contributed by atoms with van der Waals surface area (Å²) in [5.74, 6) is -0.239. The van der Waals surface area contributed by atoms with E-state index in [1.165, 1.54) is 6.08 Å². The minimum Gasteiger partial charge on any atom is -0.372 e. The van der Waals surface area contributed by atoms with Crippen molar-refractivity contribution in [1.29, 1.82) is 0 Å². The van der Waals surface area contributed by atoms with E-state index >= 15 is 0 Å². The third kappa shape index (κ3) is 8.15. The van der Waals surface area contributed by atoms with Gasteiger partial charge in [0.05, 0.1) is 6.17 Å². The maximum Gasteiger partial charge on any atom is 0.521 e. The maximum atomic E-state index is 11.3. The number of rotatable bonds is 12. The molecule has 0 aromatic heterocycles. The van der Waals surface area contributed by atoms with Crippen molar-refractivity contribution in [3.05, 3.63) is 12.7 Å². The van der Waals surface area contributed by atoms with Crippen molar-refractivity contribution in [3.63, 3.8) is 0 Å². The second-order valence-corrected chi connectivity index (χ2v) is 6.74. The van der Waals surface area contributed by atoms with Gasteiger partial charge in [-0.3, -0.25) is 4.79 Å². The van der Waals surface area contributed by atoms with Crippen LogP contribution in [-0.4, -0.2) is 40.7 Å². The molecule has 0 aromatic carbocycles. The summed E-state index contributed by atoms with van der Waals surface area (Å²) < 4.78 is 17.5. The lowest BCUT2D eigenvalue weighted by Gasteiger charge is -2.29. The van der Waals surface area contributed by atoms with Crippen molar-refractivity contribution in [2.75, 3.05) is 26.0 Å². The fourth-order valence-corrected chi connectivity index (χ4v) is 3.81. The van der Waals surface area contributed by atoms with Gasteiger partial charge in [-0.05, 0) is 25.3 Å². The predicted molar refractivity (Wildman–Crippen MR) is 77.7 cm³/mol. The summed E-state index contributed by atoms with van der Waals surface area (Å²) in [5.41, 5.74) is 0. The molecular formula is C13H27NO4Si. The van der Waals surface area contributed by atoms with Gasteiger partial charge in [-0.25, -0.2) is 0 Å². The Kier molecular flexibility index (Phi) is 10.8. The molecular weight excluding hydrogens is 262 g/mol. The van der Waals surface area contributed by atoms with Gasteiger partial charge < -0.3 is 18.6 Å². The molecule has 19 heavy (non-hydrogen) atoms. The van der Waals surface area contributed by atoms with E-state index in [9.17, 15) is 4.79 Å². The third-order valence-corrected chi connectivity index (χ3v) is 4.78. The van der Waals surface area contributed by atoms with Gasteiger partial charge in [0, 0.05) is 19.8 Å². The number of amides is 1. The smallest absolute Gasteiger partial charge is 0.372 e. The van der Waals surface area contributed by atoms with Gasteiger partial charge >= 0.3 is 8.80 Å². The molecule has 0 radical (unpaired) electrons. The fraction of sp³-hybridized carbons (Fsp3) is 0.769. The quantitative estimate of drug-likeness (QED) is 0.441. The van der Waals surface area contributed by atoms with Gasteiger partial charge in [-0.15, -0.1) is 0 Å². The zero-order chi connectivity index (χ0) is 14.6. The zero-order valence-corrected chi connectivity index (χ0v) is 13.4. The Hall–Kier alpha value is -0.693. The number of nitrogens with one attached hydrogen (secondary N) is 1. The molecule has 0 fully saturated rings. The highest BCUT2D eigenvalue weighted by Gasteiger charge is 2.41. The first-order valence-electron chi connectivity index (χ1n) is 6.96. The first-order valence-corrected chi connectivity index (χ1v) is 8.89. The van der Waals surface area contributed by atoms with Crippen molar-refractivity contribution in [3.8, 4) is 0 Å². The monoisotopic (exact) mass is 289 g/mol. The summed E-state index contributed by atoms with van der Waals surface area (Å²) in [6.07, 6.45) is 4.18. The van der Waals surface area contributed by atoms with Crippen LogP contribution in [0.15, 0.2) is 12.7 Å². The molecule has 0 unspecified atom stereocenters. The largest absolute Gasteiger partial charge is 0.521 e. The van der Waals surface area contributed by atoms with Gasteiger partial charge in [-0.2, -0.15) is 0 Å². The topological polar surface area (TPSA) is 56.8 Å². The third-order valence-electron chi connectivity index (χ3n) is 2.24. The van der Waals surface area contributed by atoms with Crippen molar-refractivity contribution in [1.82, 2.24) is 5.32 Å². The second-order valence-electron chi connectivity index (χ2n) is 4.15. The van der Waals surface area contributed by atoms with Gasteiger partial charge in [-0.1, -0.05) is 27.4 Å². The highest BCUT2D eigenvalue weighted by atomic mass is 28.4. The summed E-state index contributed by atoms with van der Waals surface area (Å²) in [6.45, 7) is 11.2. The molecule has 0 aromatic rings. The summed E-state index contributed by atoms with van der Waals surface area (Å²) in [5, 5.41) is 2.73. The Balaban J connectivity index is 4.64. The molecule has 0 aliphatic heterocycles. The molecule has 0 aliphatic rings. The number of hydrogen-bond acceptors (Lipinski definition) is 4.